The second-order valence-corrected chi connectivity index (χ2v) is 6.17. The topological polar surface area (TPSA) is 78.1 Å². The van der Waals surface area contributed by atoms with Gasteiger partial charge in [-0.1, -0.05) is 0 Å². The van der Waals surface area contributed by atoms with Crippen LogP contribution in [0, 0.1) is 0 Å². The van der Waals surface area contributed by atoms with Crippen LogP contribution in [-0.2, 0) is 4.79 Å². The van der Waals surface area contributed by atoms with Crippen molar-refractivity contribution < 1.29 is 9.59 Å². The summed E-state index contributed by atoms with van der Waals surface area (Å²) in [7, 11) is 0. The van der Waals surface area contributed by atoms with Gasteiger partial charge in [-0.15, -0.1) is 0 Å². The fraction of sp³-hybridized carbons (Fsp3) is 0.150. The Balaban J connectivity index is 1.43. The minimum atomic E-state index is -0.185. The van der Waals surface area contributed by atoms with E-state index in [4.69, 9.17) is 0 Å². The predicted molar refractivity (Wildman–Crippen MR) is 100 cm³/mol. The normalized spacial score (nSPS) is 13.8. The lowest BCUT2D eigenvalue weighted by Crippen LogP contribution is -2.23. The third-order valence-electron chi connectivity index (χ3n) is 4.43. The van der Waals surface area contributed by atoms with Crippen LogP contribution < -0.4 is 10.2 Å². The third-order valence-corrected chi connectivity index (χ3v) is 4.43. The first-order valence-electron chi connectivity index (χ1n) is 8.52. The molecule has 1 aliphatic heterocycles. The number of imidazole rings is 1. The van der Waals surface area contributed by atoms with E-state index in [0.717, 1.165) is 30.0 Å². The van der Waals surface area contributed by atoms with E-state index >= 15 is 0 Å². The third kappa shape index (κ3) is 3.21. The Bertz CT molecular complexity index is 915. The molecule has 6 nitrogen and oxygen atoms in total. The van der Waals surface area contributed by atoms with E-state index in [0.29, 0.717) is 17.7 Å². The quantitative estimate of drug-likeness (QED) is 0.759. The van der Waals surface area contributed by atoms with Gasteiger partial charge in [0, 0.05) is 47.9 Å². The SMILES string of the molecule is O=C(Nc1ccc(-c2ncc[nH]2)cc1)c1ccc(N2CCCC2=O)cc1. The number of hydrogen-bond acceptors (Lipinski definition) is 3. The van der Waals surface area contributed by atoms with Crippen molar-refractivity contribution in [3.05, 3.63) is 66.5 Å². The van der Waals surface area contributed by atoms with Crippen LogP contribution in [0.5, 0.6) is 0 Å². The number of anilines is 2. The van der Waals surface area contributed by atoms with Crippen molar-refractivity contribution in [3.8, 4) is 11.4 Å². The first kappa shape index (κ1) is 16.1. The fourth-order valence-electron chi connectivity index (χ4n) is 3.05. The highest BCUT2D eigenvalue weighted by molar-refractivity contribution is 6.05. The highest BCUT2D eigenvalue weighted by atomic mass is 16.2. The van der Waals surface area contributed by atoms with Gasteiger partial charge in [-0.3, -0.25) is 9.59 Å². The Morgan fingerprint density at radius 2 is 1.85 bits per heavy atom. The number of hydrogen-bond donors (Lipinski definition) is 2. The van der Waals surface area contributed by atoms with Crippen LogP contribution in [0.2, 0.25) is 0 Å². The summed E-state index contributed by atoms with van der Waals surface area (Å²) >= 11 is 0. The lowest BCUT2D eigenvalue weighted by atomic mass is 10.1. The maximum absolute atomic E-state index is 12.4. The molecule has 2 aromatic carbocycles. The monoisotopic (exact) mass is 346 g/mol. The van der Waals surface area contributed by atoms with Crippen LogP contribution in [0.4, 0.5) is 11.4 Å². The average Bonchev–Trinajstić information content (AvgIpc) is 3.34. The molecule has 2 heterocycles. The molecule has 1 fully saturated rings. The maximum Gasteiger partial charge on any atom is 0.255 e. The Morgan fingerprint density at radius 3 is 2.46 bits per heavy atom. The Morgan fingerprint density at radius 1 is 1.08 bits per heavy atom. The predicted octanol–water partition coefficient (Wildman–Crippen LogP) is 3.46. The van der Waals surface area contributed by atoms with Crippen molar-refractivity contribution in [3.63, 3.8) is 0 Å². The number of benzene rings is 2. The van der Waals surface area contributed by atoms with Crippen LogP contribution >= 0.6 is 0 Å². The van der Waals surface area contributed by atoms with Gasteiger partial charge in [0.2, 0.25) is 5.91 Å². The van der Waals surface area contributed by atoms with E-state index in [1.165, 1.54) is 0 Å². The van der Waals surface area contributed by atoms with Gasteiger partial charge in [-0.2, -0.15) is 0 Å². The minimum absolute atomic E-state index is 0.138. The Hall–Kier alpha value is -3.41. The molecular formula is C20H18N4O2. The lowest BCUT2D eigenvalue weighted by molar-refractivity contribution is -0.117. The van der Waals surface area contributed by atoms with E-state index in [1.54, 1.807) is 29.4 Å². The zero-order valence-electron chi connectivity index (χ0n) is 14.1. The number of H-pyrrole nitrogens is 1. The second kappa shape index (κ2) is 6.84. The van der Waals surface area contributed by atoms with Crippen LogP contribution in [0.1, 0.15) is 23.2 Å². The summed E-state index contributed by atoms with van der Waals surface area (Å²) in [5.41, 5.74) is 3.05. The summed E-state index contributed by atoms with van der Waals surface area (Å²) in [6.45, 7) is 0.742. The van der Waals surface area contributed by atoms with Gasteiger partial charge in [-0.25, -0.2) is 4.98 Å². The second-order valence-electron chi connectivity index (χ2n) is 6.17. The number of carbonyl (C=O) groups is 2. The van der Waals surface area contributed by atoms with Crippen LogP contribution in [0.25, 0.3) is 11.4 Å². The van der Waals surface area contributed by atoms with Crippen molar-refractivity contribution in [1.29, 1.82) is 0 Å². The molecule has 0 aliphatic carbocycles. The first-order valence-corrected chi connectivity index (χ1v) is 8.52. The standard InChI is InChI=1S/C20H18N4O2/c25-18-2-1-13-24(18)17-9-5-15(6-10-17)20(26)23-16-7-3-14(4-8-16)19-21-11-12-22-19/h3-12H,1-2,13H2,(H,21,22)(H,23,26). The summed E-state index contributed by atoms with van der Waals surface area (Å²) in [5.74, 6) is 0.740. The molecule has 1 aliphatic rings. The summed E-state index contributed by atoms with van der Waals surface area (Å²) in [4.78, 5) is 33.2. The zero-order valence-corrected chi connectivity index (χ0v) is 14.1. The van der Waals surface area contributed by atoms with E-state index < -0.39 is 0 Å². The largest absolute Gasteiger partial charge is 0.345 e. The average molecular weight is 346 g/mol. The van der Waals surface area contributed by atoms with E-state index in [2.05, 4.69) is 15.3 Å². The summed E-state index contributed by atoms with van der Waals surface area (Å²) in [6.07, 6.45) is 4.94. The van der Waals surface area contributed by atoms with E-state index in [9.17, 15) is 9.59 Å². The lowest BCUT2D eigenvalue weighted by Gasteiger charge is -2.15. The number of aromatic nitrogens is 2. The van der Waals surface area contributed by atoms with Gasteiger partial charge in [0.05, 0.1) is 0 Å². The van der Waals surface area contributed by atoms with Crippen LogP contribution in [0.15, 0.2) is 60.9 Å². The van der Waals surface area contributed by atoms with Crippen molar-refractivity contribution in [2.75, 3.05) is 16.8 Å². The molecule has 0 bridgehead atoms. The van der Waals surface area contributed by atoms with Gasteiger partial charge in [0.25, 0.3) is 5.91 Å². The molecule has 1 saturated heterocycles. The fourth-order valence-corrected chi connectivity index (χ4v) is 3.05. The molecule has 4 rings (SSSR count). The van der Waals surface area contributed by atoms with Crippen molar-refractivity contribution >= 4 is 23.2 Å². The molecule has 2 amide bonds. The van der Waals surface area contributed by atoms with E-state index in [1.807, 2.05) is 36.4 Å². The van der Waals surface area contributed by atoms with Crippen molar-refractivity contribution in [2.45, 2.75) is 12.8 Å². The number of carbonyl (C=O) groups excluding carboxylic acids is 2. The Labute approximate surface area is 150 Å². The summed E-state index contributed by atoms with van der Waals surface area (Å²) < 4.78 is 0. The smallest absolute Gasteiger partial charge is 0.255 e. The molecule has 0 radical (unpaired) electrons. The van der Waals surface area contributed by atoms with Crippen LogP contribution in [-0.4, -0.2) is 28.3 Å². The molecule has 2 N–H and O–H groups in total. The van der Waals surface area contributed by atoms with Gasteiger partial charge >= 0.3 is 0 Å². The molecule has 1 aromatic heterocycles. The van der Waals surface area contributed by atoms with Gasteiger partial charge < -0.3 is 15.2 Å². The molecule has 3 aromatic rings. The summed E-state index contributed by atoms with van der Waals surface area (Å²) in [6, 6.07) is 14.6. The molecule has 0 atom stereocenters. The molecule has 130 valence electrons. The zero-order chi connectivity index (χ0) is 17.9. The van der Waals surface area contributed by atoms with Crippen molar-refractivity contribution in [2.24, 2.45) is 0 Å². The number of amides is 2. The maximum atomic E-state index is 12.4. The molecule has 0 unspecified atom stereocenters. The minimum Gasteiger partial charge on any atom is -0.345 e. The number of nitrogens with one attached hydrogen (secondary N) is 2. The van der Waals surface area contributed by atoms with E-state index in [-0.39, 0.29) is 11.8 Å². The van der Waals surface area contributed by atoms with Gasteiger partial charge in [-0.05, 0) is 55.0 Å². The molecular weight excluding hydrogens is 328 g/mol. The van der Waals surface area contributed by atoms with Crippen LogP contribution in [0.3, 0.4) is 0 Å². The Kier molecular flexibility index (Phi) is 4.23. The molecule has 26 heavy (non-hydrogen) atoms. The van der Waals surface area contributed by atoms with Crippen molar-refractivity contribution in [1.82, 2.24) is 9.97 Å². The summed E-state index contributed by atoms with van der Waals surface area (Å²) in [5, 5.41) is 2.88. The number of aromatic amines is 1. The highest BCUT2D eigenvalue weighted by Crippen LogP contribution is 2.22. The number of rotatable bonds is 4. The van der Waals surface area contributed by atoms with Gasteiger partial charge in [0.15, 0.2) is 0 Å². The first-order chi connectivity index (χ1) is 12.7. The molecule has 0 saturated carbocycles. The number of nitrogens with zero attached hydrogens (tertiary/aromatic N) is 2. The molecule has 6 heteroatoms. The van der Waals surface area contributed by atoms with Gasteiger partial charge in [0.1, 0.15) is 5.82 Å². The highest BCUT2D eigenvalue weighted by Gasteiger charge is 2.21. The molecule has 0 spiro atoms.